The molecule has 0 aliphatic rings. The highest BCUT2D eigenvalue weighted by Crippen LogP contribution is 2.18. The number of pyridine rings is 1. The van der Waals surface area contributed by atoms with Crippen LogP contribution in [0.5, 0.6) is 0 Å². The van der Waals surface area contributed by atoms with Crippen LogP contribution in [0.15, 0.2) is 48.7 Å². The van der Waals surface area contributed by atoms with Gasteiger partial charge in [-0.3, -0.25) is 10.1 Å². The summed E-state index contributed by atoms with van der Waals surface area (Å²) in [4.78, 5) is 14.0. The van der Waals surface area contributed by atoms with E-state index in [1.807, 2.05) is 30.3 Å². The van der Waals surface area contributed by atoms with Gasteiger partial charge in [0.25, 0.3) is 5.69 Å². The number of aromatic nitrogens is 1. The molecule has 2 rings (SSSR count). The van der Waals surface area contributed by atoms with Crippen molar-refractivity contribution in [3.8, 4) is 11.3 Å². The maximum absolute atomic E-state index is 10.4. The van der Waals surface area contributed by atoms with E-state index in [1.165, 1.54) is 12.3 Å². The van der Waals surface area contributed by atoms with E-state index < -0.39 is 4.92 Å². The summed E-state index contributed by atoms with van der Waals surface area (Å²) >= 11 is 0. The van der Waals surface area contributed by atoms with Crippen LogP contribution in [0.4, 0.5) is 5.69 Å². The number of halogens is 1. The highest BCUT2D eigenvalue weighted by Gasteiger charge is 2.05. The number of benzene rings is 1. The SMILES string of the molecule is Cl.O=[N+]([O-])c1ccc(-c2ccccc2)nc1. The first kappa shape index (κ1) is 12.1. The van der Waals surface area contributed by atoms with Gasteiger partial charge in [-0.05, 0) is 6.07 Å². The van der Waals surface area contributed by atoms with Crippen LogP contribution >= 0.6 is 12.4 Å². The number of hydrogen-bond acceptors (Lipinski definition) is 3. The summed E-state index contributed by atoms with van der Waals surface area (Å²) in [6.07, 6.45) is 1.27. The fraction of sp³-hybridized carbons (Fsp3) is 0. The Morgan fingerprint density at radius 2 is 1.75 bits per heavy atom. The van der Waals surface area contributed by atoms with Crippen LogP contribution in [0.25, 0.3) is 11.3 Å². The smallest absolute Gasteiger partial charge is 0.258 e. The minimum Gasteiger partial charge on any atom is -0.258 e. The molecule has 0 unspecified atom stereocenters. The van der Waals surface area contributed by atoms with Crippen molar-refractivity contribution in [3.63, 3.8) is 0 Å². The fourth-order valence-electron chi connectivity index (χ4n) is 1.27. The molecule has 0 aliphatic heterocycles. The van der Waals surface area contributed by atoms with Gasteiger partial charge in [0.05, 0.1) is 10.6 Å². The minimum atomic E-state index is -0.457. The lowest BCUT2D eigenvalue weighted by atomic mass is 10.1. The van der Waals surface area contributed by atoms with Gasteiger partial charge in [-0.15, -0.1) is 12.4 Å². The van der Waals surface area contributed by atoms with E-state index in [2.05, 4.69) is 4.98 Å². The molecule has 0 radical (unpaired) electrons. The predicted molar refractivity (Wildman–Crippen MR) is 63.6 cm³/mol. The van der Waals surface area contributed by atoms with Crippen molar-refractivity contribution in [2.24, 2.45) is 0 Å². The topological polar surface area (TPSA) is 56.0 Å². The molecule has 16 heavy (non-hydrogen) atoms. The summed E-state index contributed by atoms with van der Waals surface area (Å²) in [7, 11) is 0. The third-order valence-electron chi connectivity index (χ3n) is 2.03. The van der Waals surface area contributed by atoms with Crippen LogP contribution in [-0.2, 0) is 0 Å². The van der Waals surface area contributed by atoms with Crippen molar-refractivity contribution in [2.45, 2.75) is 0 Å². The zero-order chi connectivity index (χ0) is 10.7. The molecular formula is C11H9ClN2O2. The fourth-order valence-corrected chi connectivity index (χ4v) is 1.27. The Kier molecular flexibility index (Phi) is 3.96. The first-order valence-electron chi connectivity index (χ1n) is 4.43. The van der Waals surface area contributed by atoms with Gasteiger partial charge in [0.2, 0.25) is 0 Å². The van der Waals surface area contributed by atoms with Gasteiger partial charge >= 0.3 is 0 Å². The molecular weight excluding hydrogens is 228 g/mol. The van der Waals surface area contributed by atoms with Gasteiger partial charge in [0, 0.05) is 11.6 Å². The maximum atomic E-state index is 10.4. The number of nitrogens with zero attached hydrogens (tertiary/aromatic N) is 2. The molecule has 0 fully saturated rings. The lowest BCUT2D eigenvalue weighted by Crippen LogP contribution is -1.89. The summed E-state index contributed by atoms with van der Waals surface area (Å²) in [6.45, 7) is 0. The summed E-state index contributed by atoms with van der Waals surface area (Å²) in [5.41, 5.74) is 1.70. The summed E-state index contributed by atoms with van der Waals surface area (Å²) in [5.74, 6) is 0. The monoisotopic (exact) mass is 236 g/mol. The first-order valence-corrected chi connectivity index (χ1v) is 4.43. The quantitative estimate of drug-likeness (QED) is 0.595. The average Bonchev–Trinajstić information content (AvgIpc) is 2.30. The first-order chi connectivity index (χ1) is 7.27. The molecule has 82 valence electrons. The molecule has 0 atom stereocenters. The Balaban J connectivity index is 0.00000128. The van der Waals surface area contributed by atoms with E-state index in [0.29, 0.717) is 0 Å². The lowest BCUT2D eigenvalue weighted by molar-refractivity contribution is -0.385. The van der Waals surface area contributed by atoms with E-state index in [0.717, 1.165) is 11.3 Å². The van der Waals surface area contributed by atoms with Crippen molar-refractivity contribution < 1.29 is 4.92 Å². The second-order valence-electron chi connectivity index (χ2n) is 3.02. The van der Waals surface area contributed by atoms with E-state index >= 15 is 0 Å². The molecule has 1 aromatic heterocycles. The second kappa shape index (κ2) is 5.23. The van der Waals surface area contributed by atoms with Crippen molar-refractivity contribution in [1.29, 1.82) is 0 Å². The molecule has 4 nitrogen and oxygen atoms in total. The zero-order valence-corrected chi connectivity index (χ0v) is 9.05. The normalized spacial score (nSPS) is 9.25. The molecule has 2 aromatic rings. The number of nitro groups is 1. The summed E-state index contributed by atoms with van der Waals surface area (Å²) < 4.78 is 0. The van der Waals surface area contributed by atoms with Gasteiger partial charge in [0.15, 0.2) is 0 Å². The third kappa shape index (κ3) is 2.55. The largest absolute Gasteiger partial charge is 0.287 e. The Bertz CT molecular complexity index is 471. The molecule has 0 saturated heterocycles. The van der Waals surface area contributed by atoms with E-state index in [-0.39, 0.29) is 18.1 Å². The molecule has 5 heteroatoms. The van der Waals surface area contributed by atoms with Crippen LogP contribution in [0.2, 0.25) is 0 Å². The molecule has 0 bridgehead atoms. The molecule has 1 aromatic carbocycles. The summed E-state index contributed by atoms with van der Waals surface area (Å²) in [5, 5.41) is 10.4. The van der Waals surface area contributed by atoms with Gasteiger partial charge < -0.3 is 0 Å². The number of hydrogen-bond donors (Lipinski definition) is 0. The van der Waals surface area contributed by atoms with Crippen molar-refractivity contribution in [1.82, 2.24) is 4.98 Å². The van der Waals surface area contributed by atoms with Gasteiger partial charge in [0.1, 0.15) is 6.20 Å². The Labute approximate surface area is 98.5 Å². The van der Waals surface area contributed by atoms with E-state index in [4.69, 9.17) is 0 Å². The van der Waals surface area contributed by atoms with Crippen LogP contribution < -0.4 is 0 Å². The molecule has 0 spiro atoms. The molecule has 0 saturated carbocycles. The Morgan fingerprint density at radius 3 is 2.25 bits per heavy atom. The van der Waals surface area contributed by atoms with Crippen LogP contribution in [0, 0.1) is 10.1 Å². The summed E-state index contributed by atoms with van der Waals surface area (Å²) in [6, 6.07) is 12.6. The van der Waals surface area contributed by atoms with Crippen LogP contribution in [-0.4, -0.2) is 9.91 Å². The Hall–Kier alpha value is -1.94. The predicted octanol–water partition coefficient (Wildman–Crippen LogP) is 3.08. The Morgan fingerprint density at radius 1 is 1.06 bits per heavy atom. The number of rotatable bonds is 2. The van der Waals surface area contributed by atoms with Crippen LogP contribution in [0.1, 0.15) is 0 Å². The molecule has 0 amide bonds. The maximum Gasteiger partial charge on any atom is 0.287 e. The van der Waals surface area contributed by atoms with Crippen molar-refractivity contribution in [3.05, 3.63) is 58.8 Å². The van der Waals surface area contributed by atoms with E-state index in [9.17, 15) is 10.1 Å². The van der Waals surface area contributed by atoms with E-state index in [1.54, 1.807) is 6.07 Å². The molecule has 1 heterocycles. The highest BCUT2D eigenvalue weighted by atomic mass is 35.5. The van der Waals surface area contributed by atoms with Gasteiger partial charge in [-0.2, -0.15) is 0 Å². The third-order valence-corrected chi connectivity index (χ3v) is 2.03. The van der Waals surface area contributed by atoms with Crippen molar-refractivity contribution >= 4 is 18.1 Å². The molecule has 0 N–H and O–H groups in total. The van der Waals surface area contributed by atoms with Gasteiger partial charge in [-0.25, -0.2) is 4.98 Å². The minimum absolute atomic E-state index is 0. The highest BCUT2D eigenvalue weighted by molar-refractivity contribution is 5.85. The standard InChI is InChI=1S/C11H8N2O2.ClH/c14-13(15)10-6-7-11(12-8-10)9-4-2-1-3-5-9;/h1-8H;1H. The van der Waals surface area contributed by atoms with Crippen LogP contribution in [0.3, 0.4) is 0 Å². The second-order valence-corrected chi connectivity index (χ2v) is 3.02. The van der Waals surface area contributed by atoms with Crippen molar-refractivity contribution in [2.75, 3.05) is 0 Å². The van der Waals surface area contributed by atoms with Gasteiger partial charge in [-0.1, -0.05) is 30.3 Å². The zero-order valence-electron chi connectivity index (χ0n) is 8.24. The molecule has 0 aliphatic carbocycles. The average molecular weight is 237 g/mol. The lowest BCUT2D eigenvalue weighted by Gasteiger charge is -1.98.